The van der Waals surface area contributed by atoms with Crippen LogP contribution in [0.4, 0.5) is 0 Å². The van der Waals surface area contributed by atoms with Gasteiger partial charge >= 0.3 is 0 Å². The second kappa shape index (κ2) is 3.80. The largest absolute Gasteiger partial charge is 0.599 e. The Labute approximate surface area is 49.1 Å². The molecule has 0 aromatic heterocycles. The molecule has 4 heteroatoms. The molecule has 50 valence electrons. The maximum atomic E-state index is 10.1. The lowest BCUT2D eigenvalue weighted by molar-refractivity contribution is -1.07. The molecule has 0 saturated carbocycles. The zero-order valence-electron chi connectivity index (χ0n) is 5.47. The van der Waals surface area contributed by atoms with E-state index in [4.69, 9.17) is 0 Å². The fourth-order valence-electron chi connectivity index (χ4n) is 0.284. The van der Waals surface area contributed by atoms with Crippen molar-refractivity contribution < 1.29 is 10.2 Å². The Morgan fingerprint density at radius 2 is 2.25 bits per heavy atom. The molecule has 0 fully saturated rings. The Morgan fingerprint density at radius 3 is 2.38 bits per heavy atom. The first-order chi connectivity index (χ1) is 3.66. The second-order valence-electron chi connectivity index (χ2n) is 1.53. The average Bonchev–Trinajstić information content (AvgIpc) is 1.65. The number of hydroxylamine groups is 4. The molecule has 0 aliphatic rings. The minimum absolute atomic E-state index is 0.269. The summed E-state index contributed by atoms with van der Waals surface area (Å²) in [6, 6.07) is 0. The average molecular weight is 120 g/mol. The number of quaternary nitrogens is 1. The SMILES string of the molecule is CCN(C)O[NH+](C)[O-]. The fraction of sp³-hybridized carbons (Fsp3) is 1.00. The van der Waals surface area contributed by atoms with E-state index in [0.717, 1.165) is 6.54 Å². The molecule has 1 unspecified atom stereocenters. The Kier molecular flexibility index (Phi) is 3.72. The Balaban J connectivity index is 3.10. The molecular formula is C4H12N2O2. The number of rotatable bonds is 3. The molecule has 1 atom stereocenters. The van der Waals surface area contributed by atoms with Crippen molar-refractivity contribution >= 4 is 0 Å². The zero-order chi connectivity index (χ0) is 6.57. The lowest BCUT2D eigenvalue weighted by atomic mass is 10.8. The molecule has 8 heavy (non-hydrogen) atoms. The van der Waals surface area contributed by atoms with Gasteiger partial charge in [-0.1, -0.05) is 0 Å². The summed E-state index contributed by atoms with van der Waals surface area (Å²) in [6.07, 6.45) is 0. The van der Waals surface area contributed by atoms with Gasteiger partial charge in [-0.2, -0.15) is 0 Å². The molecular weight excluding hydrogens is 108 g/mol. The van der Waals surface area contributed by atoms with Crippen LogP contribution in [0.5, 0.6) is 0 Å². The highest BCUT2D eigenvalue weighted by Crippen LogP contribution is 1.71. The van der Waals surface area contributed by atoms with Crippen LogP contribution in [0.1, 0.15) is 6.92 Å². The summed E-state index contributed by atoms with van der Waals surface area (Å²) >= 11 is 0. The van der Waals surface area contributed by atoms with Crippen molar-refractivity contribution in [3.05, 3.63) is 5.21 Å². The Hall–Kier alpha value is -0.160. The molecule has 0 saturated heterocycles. The van der Waals surface area contributed by atoms with Gasteiger partial charge in [0.2, 0.25) is 0 Å². The van der Waals surface area contributed by atoms with Gasteiger partial charge in [0.05, 0.1) is 7.05 Å². The topological polar surface area (TPSA) is 40.0 Å². The van der Waals surface area contributed by atoms with E-state index in [-0.39, 0.29) is 5.23 Å². The maximum absolute atomic E-state index is 10.1. The highest BCUT2D eigenvalue weighted by Gasteiger charge is 1.93. The van der Waals surface area contributed by atoms with Crippen LogP contribution in [0.15, 0.2) is 0 Å². The van der Waals surface area contributed by atoms with Crippen LogP contribution in [0.3, 0.4) is 0 Å². The highest BCUT2D eigenvalue weighted by molar-refractivity contribution is 4.17. The minimum atomic E-state index is -0.269. The first-order valence-corrected chi connectivity index (χ1v) is 2.56. The van der Waals surface area contributed by atoms with E-state index in [9.17, 15) is 5.21 Å². The van der Waals surface area contributed by atoms with Crippen molar-refractivity contribution in [1.29, 1.82) is 0 Å². The van der Waals surface area contributed by atoms with Crippen molar-refractivity contribution in [3.8, 4) is 0 Å². The first-order valence-electron chi connectivity index (χ1n) is 2.56. The van der Waals surface area contributed by atoms with Gasteiger partial charge in [0, 0.05) is 13.6 Å². The van der Waals surface area contributed by atoms with Crippen molar-refractivity contribution in [2.45, 2.75) is 6.92 Å². The normalized spacial score (nSPS) is 14.6. The standard InChI is InChI=1S/C4H12N2O2/c1-4-5(2)8-6(3)7/h6H,4H2,1-3H3. The van der Waals surface area contributed by atoms with Gasteiger partial charge in [-0.05, 0) is 6.92 Å². The number of nitrogens with zero attached hydrogens (tertiary/aromatic N) is 1. The smallest absolute Gasteiger partial charge is 0.0982 e. The third-order valence-electron chi connectivity index (χ3n) is 0.730. The van der Waals surface area contributed by atoms with Gasteiger partial charge in [0.1, 0.15) is 0 Å². The van der Waals surface area contributed by atoms with E-state index in [1.807, 2.05) is 6.92 Å². The molecule has 0 amide bonds. The van der Waals surface area contributed by atoms with Crippen LogP contribution in [0.25, 0.3) is 0 Å². The van der Waals surface area contributed by atoms with Crippen LogP contribution >= 0.6 is 0 Å². The predicted molar refractivity (Wildman–Crippen MR) is 29.6 cm³/mol. The van der Waals surface area contributed by atoms with E-state index in [1.54, 1.807) is 7.05 Å². The van der Waals surface area contributed by atoms with Gasteiger partial charge in [0.25, 0.3) is 0 Å². The fourth-order valence-corrected chi connectivity index (χ4v) is 0.284. The number of hydrogen-bond donors (Lipinski definition) is 1. The molecule has 0 rings (SSSR count). The Bertz CT molecular complexity index is 58.0. The predicted octanol–water partition coefficient (Wildman–Crippen LogP) is -1.20. The van der Waals surface area contributed by atoms with Crippen molar-refractivity contribution in [1.82, 2.24) is 5.06 Å². The van der Waals surface area contributed by atoms with Crippen LogP contribution in [-0.2, 0) is 4.94 Å². The third kappa shape index (κ3) is 4.01. The van der Waals surface area contributed by atoms with Crippen molar-refractivity contribution in [2.75, 3.05) is 20.6 Å². The number of nitrogens with one attached hydrogen (secondary N) is 1. The van der Waals surface area contributed by atoms with E-state index >= 15 is 0 Å². The second-order valence-corrected chi connectivity index (χ2v) is 1.53. The van der Waals surface area contributed by atoms with Gasteiger partial charge in [-0.15, -0.1) is 10.0 Å². The summed E-state index contributed by atoms with van der Waals surface area (Å²) < 4.78 is 0. The number of hydrogen-bond acceptors (Lipinski definition) is 3. The molecule has 0 aliphatic carbocycles. The monoisotopic (exact) mass is 120 g/mol. The van der Waals surface area contributed by atoms with Crippen LogP contribution in [0.2, 0.25) is 0 Å². The van der Waals surface area contributed by atoms with Crippen LogP contribution in [-0.4, -0.2) is 25.7 Å². The molecule has 1 N–H and O–H groups in total. The van der Waals surface area contributed by atoms with E-state index in [0.29, 0.717) is 0 Å². The van der Waals surface area contributed by atoms with E-state index < -0.39 is 0 Å². The molecule has 0 heterocycles. The van der Waals surface area contributed by atoms with Gasteiger partial charge in [-0.3, -0.25) is 0 Å². The first kappa shape index (κ1) is 7.84. The van der Waals surface area contributed by atoms with Crippen molar-refractivity contribution in [3.63, 3.8) is 0 Å². The molecule has 4 nitrogen and oxygen atoms in total. The van der Waals surface area contributed by atoms with Gasteiger partial charge in [0.15, 0.2) is 0 Å². The maximum Gasteiger partial charge on any atom is 0.0982 e. The van der Waals surface area contributed by atoms with Crippen molar-refractivity contribution in [2.24, 2.45) is 0 Å². The van der Waals surface area contributed by atoms with Gasteiger partial charge < -0.3 is 5.21 Å². The molecule has 0 aliphatic heterocycles. The summed E-state index contributed by atoms with van der Waals surface area (Å²) in [6.45, 7) is 2.63. The summed E-state index contributed by atoms with van der Waals surface area (Å²) in [5.41, 5.74) is 0. The summed E-state index contributed by atoms with van der Waals surface area (Å²) in [4.78, 5) is 4.59. The summed E-state index contributed by atoms with van der Waals surface area (Å²) in [5, 5.41) is 11.4. The van der Waals surface area contributed by atoms with Gasteiger partial charge in [-0.25, -0.2) is 5.23 Å². The van der Waals surface area contributed by atoms with Crippen LogP contribution in [0, 0.1) is 5.21 Å². The molecule has 0 aromatic rings. The zero-order valence-corrected chi connectivity index (χ0v) is 5.47. The molecule has 0 aromatic carbocycles. The minimum Gasteiger partial charge on any atom is -0.599 e. The lowest BCUT2D eigenvalue weighted by Crippen LogP contribution is -3.03. The molecule has 0 radical (unpaired) electrons. The van der Waals surface area contributed by atoms with Crippen LogP contribution < -0.4 is 5.23 Å². The van der Waals surface area contributed by atoms with E-state index in [1.165, 1.54) is 12.1 Å². The third-order valence-corrected chi connectivity index (χ3v) is 0.730. The summed E-state index contributed by atoms with van der Waals surface area (Å²) in [5.74, 6) is 0. The van der Waals surface area contributed by atoms with E-state index in [2.05, 4.69) is 4.94 Å². The quantitative estimate of drug-likeness (QED) is 0.475. The lowest BCUT2D eigenvalue weighted by Gasteiger charge is -2.18. The molecule has 0 bridgehead atoms. The Morgan fingerprint density at radius 1 is 1.75 bits per heavy atom. The highest BCUT2D eigenvalue weighted by atomic mass is 17.0. The molecule has 0 spiro atoms. The summed E-state index contributed by atoms with van der Waals surface area (Å²) in [7, 11) is 3.09.